The van der Waals surface area contributed by atoms with Crippen molar-refractivity contribution >= 4 is 11.3 Å². The molecule has 0 bridgehead atoms. The molecule has 2 atom stereocenters. The standard InChI is InChI=1S/C16H23N3OS/c1-3-12-10-19(14(4-2)9-17-12)11-13-8-15(20-18-13)16-6-5-7-21-16/h5-8,12,14,17H,3-4,9-11H2,1-2H3. The van der Waals surface area contributed by atoms with E-state index in [0.29, 0.717) is 12.1 Å². The van der Waals surface area contributed by atoms with E-state index in [4.69, 9.17) is 4.52 Å². The van der Waals surface area contributed by atoms with Crippen molar-refractivity contribution < 1.29 is 4.52 Å². The third kappa shape index (κ3) is 3.36. The molecule has 3 rings (SSSR count). The molecular weight excluding hydrogens is 282 g/mol. The zero-order valence-electron chi connectivity index (χ0n) is 12.7. The molecule has 4 nitrogen and oxygen atoms in total. The van der Waals surface area contributed by atoms with Crippen molar-refractivity contribution in [1.82, 2.24) is 15.4 Å². The number of nitrogens with zero attached hydrogens (tertiary/aromatic N) is 2. The van der Waals surface area contributed by atoms with Crippen LogP contribution in [-0.4, -0.2) is 35.2 Å². The van der Waals surface area contributed by atoms with Gasteiger partial charge in [0.2, 0.25) is 0 Å². The van der Waals surface area contributed by atoms with Crippen LogP contribution in [-0.2, 0) is 6.54 Å². The number of aromatic nitrogens is 1. The first-order chi connectivity index (χ1) is 10.3. The van der Waals surface area contributed by atoms with E-state index in [1.165, 1.54) is 12.8 Å². The van der Waals surface area contributed by atoms with Gasteiger partial charge in [-0.05, 0) is 24.3 Å². The lowest BCUT2D eigenvalue weighted by atomic mass is 10.0. The highest BCUT2D eigenvalue weighted by Gasteiger charge is 2.26. The van der Waals surface area contributed by atoms with Crippen molar-refractivity contribution in [3.8, 4) is 10.6 Å². The minimum Gasteiger partial charge on any atom is -0.355 e. The average molecular weight is 305 g/mol. The molecule has 1 fully saturated rings. The molecule has 1 aliphatic heterocycles. The van der Waals surface area contributed by atoms with Gasteiger partial charge in [-0.25, -0.2) is 0 Å². The Morgan fingerprint density at radius 1 is 1.43 bits per heavy atom. The average Bonchev–Trinajstić information content (AvgIpc) is 3.18. The summed E-state index contributed by atoms with van der Waals surface area (Å²) < 4.78 is 5.49. The third-order valence-corrected chi connectivity index (χ3v) is 5.15. The second-order valence-electron chi connectivity index (χ2n) is 5.66. The van der Waals surface area contributed by atoms with Crippen LogP contribution >= 0.6 is 11.3 Å². The fraction of sp³-hybridized carbons (Fsp3) is 0.562. The van der Waals surface area contributed by atoms with E-state index in [2.05, 4.69) is 46.7 Å². The molecule has 0 spiro atoms. The summed E-state index contributed by atoms with van der Waals surface area (Å²) in [6.07, 6.45) is 2.34. The molecule has 5 heteroatoms. The lowest BCUT2D eigenvalue weighted by Crippen LogP contribution is -2.55. The third-order valence-electron chi connectivity index (χ3n) is 4.27. The van der Waals surface area contributed by atoms with Crippen molar-refractivity contribution in [1.29, 1.82) is 0 Å². The molecule has 0 aromatic carbocycles. The van der Waals surface area contributed by atoms with Gasteiger partial charge in [-0.1, -0.05) is 25.1 Å². The zero-order chi connectivity index (χ0) is 14.7. The van der Waals surface area contributed by atoms with Crippen LogP contribution in [0.5, 0.6) is 0 Å². The van der Waals surface area contributed by atoms with Crippen molar-refractivity contribution in [2.75, 3.05) is 13.1 Å². The molecule has 0 saturated carbocycles. The van der Waals surface area contributed by atoms with Crippen molar-refractivity contribution in [2.45, 2.75) is 45.3 Å². The molecule has 3 heterocycles. The van der Waals surface area contributed by atoms with Gasteiger partial charge in [0.05, 0.1) is 10.6 Å². The Balaban J connectivity index is 1.69. The van der Waals surface area contributed by atoms with Crippen LogP contribution in [0.25, 0.3) is 10.6 Å². The molecule has 2 aromatic heterocycles. The molecule has 1 aliphatic rings. The van der Waals surface area contributed by atoms with E-state index < -0.39 is 0 Å². The Morgan fingerprint density at radius 2 is 2.33 bits per heavy atom. The van der Waals surface area contributed by atoms with Crippen molar-refractivity contribution in [3.63, 3.8) is 0 Å². The smallest absolute Gasteiger partial charge is 0.177 e. The Kier molecular flexibility index (Phi) is 4.73. The Bertz CT molecular complexity index is 552. The minimum atomic E-state index is 0.592. The summed E-state index contributed by atoms with van der Waals surface area (Å²) in [6, 6.07) is 7.38. The molecule has 21 heavy (non-hydrogen) atoms. The van der Waals surface area contributed by atoms with Crippen LogP contribution in [0.1, 0.15) is 32.4 Å². The van der Waals surface area contributed by atoms with Crippen LogP contribution in [0.15, 0.2) is 28.1 Å². The Morgan fingerprint density at radius 3 is 3.05 bits per heavy atom. The molecular formula is C16H23N3OS. The van der Waals surface area contributed by atoms with Gasteiger partial charge in [0.1, 0.15) is 0 Å². The van der Waals surface area contributed by atoms with Gasteiger partial charge in [-0.3, -0.25) is 4.90 Å². The van der Waals surface area contributed by atoms with Crippen LogP contribution < -0.4 is 5.32 Å². The summed E-state index contributed by atoms with van der Waals surface area (Å²) in [5, 5.41) is 9.95. The van der Waals surface area contributed by atoms with Crippen LogP contribution in [0.2, 0.25) is 0 Å². The van der Waals surface area contributed by atoms with Crippen LogP contribution in [0, 0.1) is 0 Å². The fourth-order valence-electron chi connectivity index (χ4n) is 2.93. The van der Waals surface area contributed by atoms with Gasteiger partial charge < -0.3 is 9.84 Å². The number of rotatable bonds is 5. The normalized spacial score (nSPS) is 23.5. The summed E-state index contributed by atoms with van der Waals surface area (Å²) >= 11 is 1.69. The predicted octanol–water partition coefficient (Wildman–Crippen LogP) is 3.37. The second kappa shape index (κ2) is 6.73. The summed E-state index contributed by atoms with van der Waals surface area (Å²) in [4.78, 5) is 3.69. The highest BCUT2D eigenvalue weighted by atomic mass is 32.1. The largest absolute Gasteiger partial charge is 0.355 e. The van der Waals surface area contributed by atoms with E-state index in [9.17, 15) is 0 Å². The van der Waals surface area contributed by atoms with E-state index >= 15 is 0 Å². The van der Waals surface area contributed by atoms with Crippen molar-refractivity contribution in [2.24, 2.45) is 0 Å². The number of nitrogens with one attached hydrogen (secondary N) is 1. The second-order valence-corrected chi connectivity index (χ2v) is 6.61. The summed E-state index contributed by atoms with van der Waals surface area (Å²) in [5.41, 5.74) is 1.04. The minimum absolute atomic E-state index is 0.592. The van der Waals surface area contributed by atoms with Gasteiger partial charge in [0.25, 0.3) is 0 Å². The maximum atomic E-state index is 5.49. The number of hydrogen-bond acceptors (Lipinski definition) is 5. The summed E-state index contributed by atoms with van der Waals surface area (Å²) in [6.45, 7) is 7.55. The quantitative estimate of drug-likeness (QED) is 0.919. The van der Waals surface area contributed by atoms with E-state index in [0.717, 1.165) is 36.0 Å². The number of piperazine rings is 1. The lowest BCUT2D eigenvalue weighted by molar-refractivity contribution is 0.114. The highest BCUT2D eigenvalue weighted by molar-refractivity contribution is 7.13. The first-order valence-electron chi connectivity index (χ1n) is 7.77. The molecule has 0 aliphatic carbocycles. The maximum absolute atomic E-state index is 5.49. The van der Waals surface area contributed by atoms with Crippen molar-refractivity contribution in [3.05, 3.63) is 29.3 Å². The van der Waals surface area contributed by atoms with Gasteiger partial charge in [-0.15, -0.1) is 11.3 Å². The van der Waals surface area contributed by atoms with Crippen LogP contribution in [0.3, 0.4) is 0 Å². The Hall–Kier alpha value is -1.17. The Labute approximate surface area is 130 Å². The SMILES string of the molecule is CCC1CN(Cc2cc(-c3cccs3)on2)C(CC)CN1. The molecule has 0 radical (unpaired) electrons. The van der Waals surface area contributed by atoms with Crippen LogP contribution in [0.4, 0.5) is 0 Å². The highest BCUT2D eigenvalue weighted by Crippen LogP contribution is 2.26. The van der Waals surface area contributed by atoms with Gasteiger partial charge in [0, 0.05) is 37.8 Å². The fourth-order valence-corrected chi connectivity index (χ4v) is 3.60. The molecule has 2 unspecified atom stereocenters. The monoisotopic (exact) mass is 305 g/mol. The maximum Gasteiger partial charge on any atom is 0.177 e. The van der Waals surface area contributed by atoms with E-state index in [-0.39, 0.29) is 0 Å². The predicted molar refractivity (Wildman–Crippen MR) is 86.4 cm³/mol. The summed E-state index contributed by atoms with van der Waals surface area (Å²) in [7, 11) is 0. The number of thiophene rings is 1. The zero-order valence-corrected chi connectivity index (χ0v) is 13.5. The van der Waals surface area contributed by atoms with Gasteiger partial charge in [0.15, 0.2) is 5.76 Å². The molecule has 114 valence electrons. The molecule has 0 amide bonds. The summed E-state index contributed by atoms with van der Waals surface area (Å²) in [5.74, 6) is 0.884. The van der Waals surface area contributed by atoms with Gasteiger partial charge >= 0.3 is 0 Å². The lowest BCUT2D eigenvalue weighted by Gasteiger charge is -2.39. The van der Waals surface area contributed by atoms with E-state index in [1.54, 1.807) is 11.3 Å². The molecule has 1 saturated heterocycles. The molecule has 2 aromatic rings. The van der Waals surface area contributed by atoms with Gasteiger partial charge in [-0.2, -0.15) is 0 Å². The number of hydrogen-bond donors (Lipinski definition) is 1. The molecule has 1 N–H and O–H groups in total. The van der Waals surface area contributed by atoms with E-state index in [1.807, 2.05) is 6.07 Å². The first kappa shape index (κ1) is 14.8. The topological polar surface area (TPSA) is 41.3 Å². The first-order valence-corrected chi connectivity index (χ1v) is 8.65.